The van der Waals surface area contributed by atoms with Crippen molar-refractivity contribution in [1.82, 2.24) is 4.90 Å². The summed E-state index contributed by atoms with van der Waals surface area (Å²) in [5.74, 6) is 0. The molecule has 2 aromatic carbocycles. The molecule has 0 aliphatic heterocycles. The SMILES string of the molecule is C[C@@H](CO)N(C)C(=O)OCOP(=O)(OCc1ccccc1)OCc1ccccc1. The molecular weight excluding hydrogens is 397 g/mol. The maximum Gasteiger partial charge on any atom is 0.478 e. The molecule has 0 fully saturated rings. The number of hydrogen-bond donors (Lipinski definition) is 1. The zero-order chi connectivity index (χ0) is 21.1. The summed E-state index contributed by atoms with van der Waals surface area (Å²) in [6.45, 7) is 0.817. The van der Waals surface area contributed by atoms with Crippen molar-refractivity contribution in [3.8, 4) is 0 Å². The molecule has 0 spiro atoms. The second-order valence-electron chi connectivity index (χ2n) is 6.26. The Morgan fingerprint density at radius 3 is 1.90 bits per heavy atom. The third-order valence-electron chi connectivity index (χ3n) is 4.07. The van der Waals surface area contributed by atoms with Crippen LogP contribution < -0.4 is 0 Å². The number of carbonyl (C=O) groups excluding carboxylic acids is 1. The number of likely N-dealkylation sites (N-methyl/N-ethyl adjacent to an activating group) is 1. The third kappa shape index (κ3) is 7.97. The van der Waals surface area contributed by atoms with Crippen molar-refractivity contribution in [2.45, 2.75) is 26.2 Å². The predicted molar refractivity (Wildman–Crippen MR) is 107 cm³/mol. The molecule has 0 unspecified atom stereocenters. The van der Waals surface area contributed by atoms with Gasteiger partial charge in [0.05, 0.1) is 25.9 Å². The van der Waals surface area contributed by atoms with Crippen molar-refractivity contribution in [3.63, 3.8) is 0 Å². The van der Waals surface area contributed by atoms with Crippen molar-refractivity contribution in [2.75, 3.05) is 20.4 Å². The van der Waals surface area contributed by atoms with E-state index in [-0.39, 0.29) is 19.8 Å². The van der Waals surface area contributed by atoms with Crippen LogP contribution in [0.3, 0.4) is 0 Å². The van der Waals surface area contributed by atoms with E-state index in [0.717, 1.165) is 11.1 Å². The molecule has 1 atom stereocenters. The molecule has 0 aromatic heterocycles. The van der Waals surface area contributed by atoms with Crippen LogP contribution in [-0.2, 0) is 36.1 Å². The summed E-state index contributed by atoms with van der Waals surface area (Å²) in [5.41, 5.74) is 1.57. The Hall–Kier alpha value is -2.22. The number of amides is 1. The molecule has 1 N–H and O–H groups in total. The Bertz CT molecular complexity index is 740. The maximum absolute atomic E-state index is 13.0. The van der Waals surface area contributed by atoms with Gasteiger partial charge in [0.1, 0.15) is 0 Å². The topological polar surface area (TPSA) is 94.5 Å². The molecule has 0 saturated heterocycles. The fraction of sp³-hybridized carbons (Fsp3) is 0.350. The van der Waals surface area contributed by atoms with Gasteiger partial charge in [-0.25, -0.2) is 13.9 Å². The van der Waals surface area contributed by atoms with E-state index in [1.165, 1.54) is 11.9 Å². The highest BCUT2D eigenvalue weighted by Crippen LogP contribution is 2.50. The van der Waals surface area contributed by atoms with E-state index in [0.29, 0.717) is 0 Å². The zero-order valence-corrected chi connectivity index (χ0v) is 17.4. The van der Waals surface area contributed by atoms with E-state index < -0.39 is 26.8 Å². The van der Waals surface area contributed by atoms with E-state index in [2.05, 4.69) is 0 Å². The first-order chi connectivity index (χ1) is 13.9. The molecule has 2 aromatic rings. The first-order valence-electron chi connectivity index (χ1n) is 9.05. The van der Waals surface area contributed by atoms with Gasteiger partial charge in [-0.1, -0.05) is 60.7 Å². The summed E-state index contributed by atoms with van der Waals surface area (Å²) in [6.07, 6.45) is -0.732. The number of nitrogens with zero attached hydrogens (tertiary/aromatic N) is 1. The van der Waals surface area contributed by atoms with Crippen LogP contribution in [0.2, 0.25) is 0 Å². The smallest absolute Gasteiger partial charge is 0.422 e. The second-order valence-corrected chi connectivity index (χ2v) is 7.93. The highest BCUT2D eigenvalue weighted by atomic mass is 31.2. The lowest BCUT2D eigenvalue weighted by molar-refractivity contribution is 0.000330. The lowest BCUT2D eigenvalue weighted by atomic mass is 10.2. The van der Waals surface area contributed by atoms with Crippen LogP contribution in [0.15, 0.2) is 60.7 Å². The molecule has 1 amide bonds. The number of hydrogen-bond acceptors (Lipinski definition) is 7. The minimum absolute atomic E-state index is 0.00228. The maximum atomic E-state index is 13.0. The lowest BCUT2D eigenvalue weighted by Crippen LogP contribution is -2.37. The van der Waals surface area contributed by atoms with Gasteiger partial charge in [-0.2, -0.15) is 0 Å². The average Bonchev–Trinajstić information content (AvgIpc) is 2.76. The van der Waals surface area contributed by atoms with Crippen LogP contribution in [-0.4, -0.2) is 42.6 Å². The Morgan fingerprint density at radius 1 is 0.966 bits per heavy atom. The van der Waals surface area contributed by atoms with Gasteiger partial charge in [0, 0.05) is 7.05 Å². The van der Waals surface area contributed by atoms with Crippen molar-refractivity contribution < 1.29 is 32.8 Å². The van der Waals surface area contributed by atoms with Gasteiger partial charge in [0.25, 0.3) is 0 Å². The van der Waals surface area contributed by atoms with Gasteiger partial charge in [0.15, 0.2) is 0 Å². The van der Waals surface area contributed by atoms with Gasteiger partial charge >= 0.3 is 13.9 Å². The molecule has 158 valence electrons. The van der Waals surface area contributed by atoms with Crippen LogP contribution in [0.5, 0.6) is 0 Å². The highest BCUT2D eigenvalue weighted by molar-refractivity contribution is 7.48. The zero-order valence-electron chi connectivity index (χ0n) is 16.5. The van der Waals surface area contributed by atoms with Gasteiger partial charge in [-0.15, -0.1) is 0 Å². The lowest BCUT2D eigenvalue weighted by Gasteiger charge is -2.23. The fourth-order valence-electron chi connectivity index (χ4n) is 2.11. The molecule has 0 bridgehead atoms. The highest BCUT2D eigenvalue weighted by Gasteiger charge is 2.28. The molecule has 29 heavy (non-hydrogen) atoms. The normalized spacial score (nSPS) is 12.4. The number of aliphatic hydroxyl groups is 1. The van der Waals surface area contributed by atoms with Gasteiger partial charge in [-0.3, -0.25) is 9.05 Å². The number of benzene rings is 2. The van der Waals surface area contributed by atoms with Crippen molar-refractivity contribution in [3.05, 3.63) is 71.8 Å². The van der Waals surface area contributed by atoms with Crippen molar-refractivity contribution in [1.29, 1.82) is 0 Å². The van der Waals surface area contributed by atoms with Crippen LogP contribution >= 0.6 is 7.82 Å². The summed E-state index contributed by atoms with van der Waals surface area (Å²) in [6, 6.07) is 17.8. The second kappa shape index (κ2) is 11.7. The van der Waals surface area contributed by atoms with Crippen molar-refractivity contribution >= 4 is 13.9 Å². The summed E-state index contributed by atoms with van der Waals surface area (Å²) >= 11 is 0. The largest absolute Gasteiger partial charge is 0.478 e. The van der Waals surface area contributed by atoms with Gasteiger partial charge in [0.2, 0.25) is 6.79 Å². The standard InChI is InChI=1S/C20H26NO7P/c1-17(13-22)21(2)20(23)25-16-28-29(24,26-14-18-9-5-3-6-10-18)27-15-19-11-7-4-8-12-19/h3-12,17,22H,13-16H2,1-2H3/t17-/m0/s1. The van der Waals surface area contributed by atoms with E-state index in [9.17, 15) is 9.36 Å². The summed E-state index contributed by atoms with van der Waals surface area (Å²) in [4.78, 5) is 13.1. The van der Waals surface area contributed by atoms with Crippen LogP contribution in [0, 0.1) is 0 Å². The molecule has 9 heteroatoms. The number of carbonyl (C=O) groups is 1. The Balaban J connectivity index is 1.95. The van der Waals surface area contributed by atoms with Crippen LogP contribution in [0.1, 0.15) is 18.1 Å². The number of rotatable bonds is 11. The molecule has 0 saturated carbocycles. The van der Waals surface area contributed by atoms with E-state index in [4.69, 9.17) is 23.4 Å². The van der Waals surface area contributed by atoms with E-state index in [1.807, 2.05) is 60.7 Å². The molecule has 0 heterocycles. The Morgan fingerprint density at radius 2 is 1.45 bits per heavy atom. The number of ether oxygens (including phenoxy) is 1. The molecule has 0 radical (unpaired) electrons. The molecule has 0 aliphatic rings. The predicted octanol–water partition coefficient (Wildman–Crippen LogP) is 3.95. The molecular formula is C20H26NO7P. The summed E-state index contributed by atoms with van der Waals surface area (Å²) in [7, 11) is -2.54. The van der Waals surface area contributed by atoms with Gasteiger partial charge in [-0.05, 0) is 18.1 Å². The summed E-state index contributed by atoms with van der Waals surface area (Å²) in [5, 5.41) is 9.10. The number of aliphatic hydroxyl groups excluding tert-OH is 1. The molecule has 2 rings (SSSR count). The van der Waals surface area contributed by atoms with Crippen LogP contribution in [0.25, 0.3) is 0 Å². The first kappa shape index (κ1) is 23.1. The Labute approximate surface area is 170 Å². The molecule has 0 aliphatic carbocycles. The first-order valence-corrected chi connectivity index (χ1v) is 10.5. The minimum atomic E-state index is -4.01. The third-order valence-corrected chi connectivity index (χ3v) is 5.38. The monoisotopic (exact) mass is 423 g/mol. The Kier molecular flexibility index (Phi) is 9.31. The fourth-order valence-corrected chi connectivity index (χ4v) is 3.13. The van der Waals surface area contributed by atoms with Crippen LogP contribution in [0.4, 0.5) is 4.79 Å². The van der Waals surface area contributed by atoms with E-state index in [1.54, 1.807) is 6.92 Å². The summed E-state index contributed by atoms with van der Waals surface area (Å²) < 4.78 is 34.0. The van der Waals surface area contributed by atoms with Gasteiger partial charge < -0.3 is 14.7 Å². The number of phosphoric ester groups is 1. The molecule has 8 nitrogen and oxygen atoms in total. The minimum Gasteiger partial charge on any atom is -0.422 e. The van der Waals surface area contributed by atoms with Crippen molar-refractivity contribution in [2.24, 2.45) is 0 Å². The van der Waals surface area contributed by atoms with E-state index >= 15 is 0 Å². The average molecular weight is 423 g/mol. The quantitative estimate of drug-likeness (QED) is 0.432. The number of phosphoric acid groups is 1.